The zero-order chi connectivity index (χ0) is 13.4. The van der Waals surface area contributed by atoms with Gasteiger partial charge in [-0.05, 0) is 50.9 Å². The number of fused-ring (bicyclic) bond motifs is 1. The topological polar surface area (TPSA) is 28.2 Å². The van der Waals surface area contributed by atoms with Gasteiger partial charge in [-0.25, -0.2) is 4.98 Å². The van der Waals surface area contributed by atoms with Crippen molar-refractivity contribution in [2.75, 3.05) is 13.1 Å². The predicted octanol–water partition coefficient (Wildman–Crippen LogP) is 3.01. The number of para-hydroxylation sites is 1. The zero-order valence-electron chi connectivity index (χ0n) is 11.7. The van der Waals surface area contributed by atoms with Crippen LogP contribution in [-0.2, 0) is 6.54 Å². The fourth-order valence-corrected chi connectivity index (χ4v) is 4.70. The monoisotopic (exact) mass is 287 g/mol. The number of aromatic nitrogens is 1. The molecule has 2 aliphatic rings. The molecule has 0 bridgehead atoms. The van der Waals surface area contributed by atoms with Crippen LogP contribution in [0.1, 0.15) is 30.7 Å². The van der Waals surface area contributed by atoms with E-state index in [9.17, 15) is 0 Å². The Morgan fingerprint density at radius 1 is 1.25 bits per heavy atom. The molecule has 0 aliphatic carbocycles. The number of nitrogens with zero attached hydrogens (tertiary/aromatic N) is 2. The maximum Gasteiger partial charge on any atom is 0.108 e. The van der Waals surface area contributed by atoms with Crippen molar-refractivity contribution in [3.05, 3.63) is 29.3 Å². The summed E-state index contributed by atoms with van der Waals surface area (Å²) in [6.07, 6.45) is 5.38. The van der Waals surface area contributed by atoms with Crippen molar-refractivity contribution in [3.8, 4) is 0 Å². The summed E-state index contributed by atoms with van der Waals surface area (Å²) in [5.41, 5.74) is 1.15. The lowest BCUT2D eigenvalue weighted by molar-refractivity contribution is 0.206. The highest BCUT2D eigenvalue weighted by molar-refractivity contribution is 7.18. The molecule has 2 aromatic rings. The molecule has 2 aliphatic heterocycles. The molecule has 4 heteroatoms. The summed E-state index contributed by atoms with van der Waals surface area (Å²) in [7, 11) is 0. The molecule has 0 amide bonds. The molecule has 3 heterocycles. The molecule has 0 saturated carbocycles. The maximum absolute atomic E-state index is 4.79. The van der Waals surface area contributed by atoms with Crippen molar-refractivity contribution in [2.45, 2.75) is 44.3 Å². The molecule has 1 N–H and O–H groups in total. The number of hydrogen-bond donors (Lipinski definition) is 1. The van der Waals surface area contributed by atoms with Crippen LogP contribution in [-0.4, -0.2) is 35.1 Å². The van der Waals surface area contributed by atoms with E-state index in [-0.39, 0.29) is 0 Å². The molecule has 1 aromatic carbocycles. The van der Waals surface area contributed by atoms with Crippen LogP contribution >= 0.6 is 11.3 Å². The second kappa shape index (κ2) is 5.43. The fourth-order valence-electron chi connectivity index (χ4n) is 3.71. The lowest BCUT2D eigenvalue weighted by Gasteiger charge is -2.28. The highest BCUT2D eigenvalue weighted by Gasteiger charge is 2.33. The van der Waals surface area contributed by atoms with Gasteiger partial charge in [-0.2, -0.15) is 0 Å². The lowest BCUT2D eigenvalue weighted by Crippen LogP contribution is -2.43. The maximum atomic E-state index is 4.79. The smallest absolute Gasteiger partial charge is 0.108 e. The Morgan fingerprint density at radius 3 is 3.05 bits per heavy atom. The van der Waals surface area contributed by atoms with Crippen molar-refractivity contribution in [1.29, 1.82) is 0 Å². The van der Waals surface area contributed by atoms with Crippen LogP contribution in [0.25, 0.3) is 10.2 Å². The fraction of sp³-hybridized carbons (Fsp3) is 0.562. The summed E-state index contributed by atoms with van der Waals surface area (Å²) in [5, 5.41) is 4.96. The second-order valence-corrected chi connectivity index (χ2v) is 7.07. The number of benzene rings is 1. The van der Waals surface area contributed by atoms with E-state index in [4.69, 9.17) is 4.98 Å². The molecule has 106 valence electrons. The molecular formula is C16H21N3S. The highest BCUT2D eigenvalue weighted by atomic mass is 32.1. The minimum absolute atomic E-state index is 0.715. The SMILES string of the molecule is c1ccc2sc(CN3CCCC3C3CCCN3)nc2c1. The van der Waals surface area contributed by atoms with E-state index < -0.39 is 0 Å². The summed E-state index contributed by atoms with van der Waals surface area (Å²) in [6, 6.07) is 9.92. The van der Waals surface area contributed by atoms with E-state index in [1.807, 2.05) is 11.3 Å². The van der Waals surface area contributed by atoms with Gasteiger partial charge in [-0.1, -0.05) is 12.1 Å². The van der Waals surface area contributed by atoms with Crippen LogP contribution < -0.4 is 5.32 Å². The Labute approximate surface area is 124 Å². The minimum Gasteiger partial charge on any atom is -0.312 e. The van der Waals surface area contributed by atoms with Crippen LogP contribution in [0.15, 0.2) is 24.3 Å². The van der Waals surface area contributed by atoms with Crippen LogP contribution in [0, 0.1) is 0 Å². The zero-order valence-corrected chi connectivity index (χ0v) is 12.5. The number of rotatable bonds is 3. The van der Waals surface area contributed by atoms with Crippen molar-refractivity contribution in [3.63, 3.8) is 0 Å². The molecule has 2 fully saturated rings. The van der Waals surface area contributed by atoms with Gasteiger partial charge in [0.15, 0.2) is 0 Å². The minimum atomic E-state index is 0.715. The van der Waals surface area contributed by atoms with Gasteiger partial charge >= 0.3 is 0 Å². The summed E-state index contributed by atoms with van der Waals surface area (Å²) in [4.78, 5) is 7.45. The van der Waals surface area contributed by atoms with E-state index in [1.54, 1.807) is 0 Å². The Balaban J connectivity index is 1.52. The van der Waals surface area contributed by atoms with E-state index >= 15 is 0 Å². The van der Waals surface area contributed by atoms with Gasteiger partial charge in [0.1, 0.15) is 5.01 Å². The molecule has 4 rings (SSSR count). The molecule has 2 unspecified atom stereocenters. The normalized spacial score (nSPS) is 27.6. The average molecular weight is 287 g/mol. The van der Waals surface area contributed by atoms with Crippen LogP contribution in [0.2, 0.25) is 0 Å². The standard InChI is InChI=1S/C16H21N3S/c1-2-8-15-13(5-1)18-16(20-15)11-19-10-4-7-14(19)12-6-3-9-17-12/h1-2,5,8,12,14,17H,3-4,6-7,9-11H2. The first kappa shape index (κ1) is 12.7. The Bertz CT molecular complexity index is 555. The molecule has 0 radical (unpaired) electrons. The molecule has 20 heavy (non-hydrogen) atoms. The Kier molecular flexibility index (Phi) is 3.46. The van der Waals surface area contributed by atoms with Gasteiger partial charge in [0, 0.05) is 12.1 Å². The van der Waals surface area contributed by atoms with Crippen molar-refractivity contribution >= 4 is 21.6 Å². The Hall–Kier alpha value is -0.970. The number of nitrogens with one attached hydrogen (secondary N) is 1. The van der Waals surface area contributed by atoms with Gasteiger partial charge in [-0.15, -0.1) is 11.3 Å². The molecule has 0 spiro atoms. The van der Waals surface area contributed by atoms with Crippen LogP contribution in [0.4, 0.5) is 0 Å². The number of thiazole rings is 1. The summed E-state index contributed by atoms with van der Waals surface area (Å²) in [6.45, 7) is 3.47. The van der Waals surface area contributed by atoms with Crippen LogP contribution in [0.5, 0.6) is 0 Å². The first-order valence-corrected chi connectivity index (χ1v) is 8.54. The molecule has 1 aromatic heterocycles. The summed E-state index contributed by atoms with van der Waals surface area (Å²) >= 11 is 1.86. The van der Waals surface area contributed by atoms with Gasteiger partial charge in [0.05, 0.1) is 16.8 Å². The van der Waals surface area contributed by atoms with E-state index in [2.05, 4.69) is 34.5 Å². The first-order valence-electron chi connectivity index (χ1n) is 7.72. The van der Waals surface area contributed by atoms with Crippen molar-refractivity contribution in [1.82, 2.24) is 15.2 Å². The Morgan fingerprint density at radius 2 is 2.20 bits per heavy atom. The average Bonchev–Trinajstić information content (AvgIpc) is 3.18. The van der Waals surface area contributed by atoms with E-state index in [0.29, 0.717) is 6.04 Å². The van der Waals surface area contributed by atoms with Gasteiger partial charge in [0.2, 0.25) is 0 Å². The van der Waals surface area contributed by atoms with Gasteiger partial charge in [0.25, 0.3) is 0 Å². The molecule has 2 atom stereocenters. The summed E-state index contributed by atoms with van der Waals surface area (Å²) < 4.78 is 1.32. The van der Waals surface area contributed by atoms with Crippen molar-refractivity contribution in [2.24, 2.45) is 0 Å². The first-order chi connectivity index (χ1) is 9.90. The third kappa shape index (κ3) is 2.36. The molecular weight excluding hydrogens is 266 g/mol. The van der Waals surface area contributed by atoms with Gasteiger partial charge in [-0.3, -0.25) is 4.90 Å². The van der Waals surface area contributed by atoms with Crippen molar-refractivity contribution < 1.29 is 0 Å². The largest absolute Gasteiger partial charge is 0.312 e. The van der Waals surface area contributed by atoms with Crippen LogP contribution in [0.3, 0.4) is 0 Å². The van der Waals surface area contributed by atoms with E-state index in [1.165, 1.54) is 48.5 Å². The third-order valence-corrected chi connectivity index (χ3v) is 5.67. The molecule has 2 saturated heterocycles. The predicted molar refractivity (Wildman–Crippen MR) is 84.1 cm³/mol. The second-order valence-electron chi connectivity index (χ2n) is 5.96. The quantitative estimate of drug-likeness (QED) is 0.940. The van der Waals surface area contributed by atoms with Gasteiger partial charge < -0.3 is 5.32 Å². The van der Waals surface area contributed by atoms with E-state index in [0.717, 1.165) is 18.1 Å². The highest BCUT2D eigenvalue weighted by Crippen LogP contribution is 2.29. The third-order valence-electron chi connectivity index (χ3n) is 4.65. The number of hydrogen-bond acceptors (Lipinski definition) is 4. The summed E-state index contributed by atoms with van der Waals surface area (Å²) in [5.74, 6) is 0. The lowest BCUT2D eigenvalue weighted by atomic mass is 10.0. The molecule has 3 nitrogen and oxygen atoms in total. The number of likely N-dealkylation sites (tertiary alicyclic amines) is 1.